The molecule has 0 aliphatic rings. The molecule has 4 nitrogen and oxygen atoms in total. The van der Waals surface area contributed by atoms with Crippen LogP contribution in [0, 0.1) is 0 Å². The van der Waals surface area contributed by atoms with Crippen LogP contribution < -0.4 is 15.8 Å². The molecule has 1 aromatic carbocycles. The summed E-state index contributed by atoms with van der Waals surface area (Å²) < 4.78 is 5.52. The Kier molecular flexibility index (Phi) is 5.50. The monoisotopic (exact) mass is 224 g/mol. The van der Waals surface area contributed by atoms with Gasteiger partial charge in [-0.05, 0) is 25.0 Å². The normalized spacial score (nSPS) is 10.1. The molecule has 4 N–H and O–H groups in total. The molecule has 0 spiro atoms. The summed E-state index contributed by atoms with van der Waals surface area (Å²) in [7, 11) is 0. The molecule has 0 radical (unpaired) electrons. The lowest BCUT2D eigenvalue weighted by Gasteiger charge is -2.13. The average Bonchev–Trinajstić information content (AvgIpc) is 2.30. The number of para-hydroxylation sites is 1. The van der Waals surface area contributed by atoms with E-state index in [0.717, 1.165) is 17.9 Å². The Balaban J connectivity index is 2.62. The zero-order valence-electron chi connectivity index (χ0n) is 9.70. The molecule has 0 aliphatic carbocycles. The Morgan fingerprint density at radius 1 is 1.44 bits per heavy atom. The quantitative estimate of drug-likeness (QED) is 0.488. The third kappa shape index (κ3) is 3.62. The fourth-order valence-electron chi connectivity index (χ4n) is 1.34. The number of nitrogens with one attached hydrogen (secondary N) is 1. The van der Waals surface area contributed by atoms with Crippen LogP contribution >= 0.6 is 0 Å². The highest BCUT2D eigenvalue weighted by Gasteiger charge is 2.04. The van der Waals surface area contributed by atoms with Gasteiger partial charge in [0.25, 0.3) is 0 Å². The Morgan fingerprint density at radius 2 is 2.25 bits per heavy atom. The Labute approximate surface area is 96.4 Å². The predicted octanol–water partition coefficient (Wildman–Crippen LogP) is 1.85. The van der Waals surface area contributed by atoms with Crippen LogP contribution in [0.3, 0.4) is 0 Å². The van der Waals surface area contributed by atoms with E-state index in [-0.39, 0.29) is 6.61 Å². The number of aliphatic hydroxyl groups excluding tert-OH is 1. The van der Waals surface area contributed by atoms with Crippen LogP contribution in [0.5, 0.6) is 5.75 Å². The van der Waals surface area contributed by atoms with Gasteiger partial charge in [-0.25, -0.2) is 0 Å². The van der Waals surface area contributed by atoms with Gasteiger partial charge in [0.05, 0.1) is 18.0 Å². The molecule has 0 unspecified atom stereocenters. The second kappa shape index (κ2) is 6.95. The summed E-state index contributed by atoms with van der Waals surface area (Å²) in [6, 6.07) is 5.68. The lowest BCUT2D eigenvalue weighted by Crippen LogP contribution is -2.07. The van der Waals surface area contributed by atoms with Crippen molar-refractivity contribution < 1.29 is 9.84 Å². The molecular weight excluding hydrogens is 204 g/mol. The Bertz CT molecular complexity index is 316. The van der Waals surface area contributed by atoms with Crippen molar-refractivity contribution in [3.8, 4) is 5.75 Å². The summed E-state index contributed by atoms with van der Waals surface area (Å²) in [5, 5.41) is 11.9. The van der Waals surface area contributed by atoms with Gasteiger partial charge < -0.3 is 20.9 Å². The number of nitrogen functional groups attached to an aromatic ring is 1. The molecule has 16 heavy (non-hydrogen) atoms. The number of aliphatic hydroxyl groups is 1. The van der Waals surface area contributed by atoms with Gasteiger partial charge in [0.1, 0.15) is 5.75 Å². The Hall–Kier alpha value is -1.42. The standard InChI is InChI=1S/C12H20N2O2/c1-2-9-16-11-6-3-5-10(12(11)13)14-7-4-8-15/h3,5-6,14-15H,2,4,7-9,13H2,1H3. The summed E-state index contributed by atoms with van der Waals surface area (Å²) in [5.41, 5.74) is 7.45. The van der Waals surface area contributed by atoms with E-state index in [4.69, 9.17) is 15.6 Å². The third-order valence-electron chi connectivity index (χ3n) is 2.18. The van der Waals surface area contributed by atoms with Crippen LogP contribution in [0.25, 0.3) is 0 Å². The van der Waals surface area contributed by atoms with Crippen LogP contribution in [0.15, 0.2) is 18.2 Å². The van der Waals surface area contributed by atoms with E-state index < -0.39 is 0 Å². The van der Waals surface area contributed by atoms with Gasteiger partial charge in [-0.15, -0.1) is 0 Å². The van der Waals surface area contributed by atoms with Gasteiger partial charge in [-0.3, -0.25) is 0 Å². The van der Waals surface area contributed by atoms with Crippen LogP contribution in [-0.4, -0.2) is 24.9 Å². The molecule has 4 heteroatoms. The molecule has 90 valence electrons. The number of benzene rings is 1. The molecule has 0 aliphatic heterocycles. The molecule has 0 saturated carbocycles. The maximum atomic E-state index is 8.69. The maximum absolute atomic E-state index is 8.69. The molecule has 0 atom stereocenters. The van der Waals surface area contributed by atoms with Gasteiger partial charge in [-0.1, -0.05) is 13.0 Å². The number of hydrogen-bond acceptors (Lipinski definition) is 4. The largest absolute Gasteiger partial charge is 0.491 e. The topological polar surface area (TPSA) is 67.5 Å². The SMILES string of the molecule is CCCOc1cccc(NCCCO)c1N. The second-order valence-electron chi connectivity index (χ2n) is 3.57. The first-order valence-electron chi connectivity index (χ1n) is 5.65. The van der Waals surface area contributed by atoms with Crippen molar-refractivity contribution in [1.29, 1.82) is 0 Å². The fourth-order valence-corrected chi connectivity index (χ4v) is 1.34. The highest BCUT2D eigenvalue weighted by atomic mass is 16.5. The minimum absolute atomic E-state index is 0.179. The van der Waals surface area contributed by atoms with Crippen molar-refractivity contribution in [1.82, 2.24) is 0 Å². The van der Waals surface area contributed by atoms with E-state index in [2.05, 4.69) is 12.2 Å². The van der Waals surface area contributed by atoms with Crippen molar-refractivity contribution in [2.75, 3.05) is 30.8 Å². The van der Waals surface area contributed by atoms with E-state index in [9.17, 15) is 0 Å². The van der Waals surface area contributed by atoms with E-state index in [0.29, 0.717) is 25.3 Å². The molecule has 0 amide bonds. The van der Waals surface area contributed by atoms with Crippen molar-refractivity contribution in [2.24, 2.45) is 0 Å². The first kappa shape index (κ1) is 12.6. The van der Waals surface area contributed by atoms with E-state index in [1.165, 1.54) is 0 Å². The smallest absolute Gasteiger partial charge is 0.144 e. The highest BCUT2D eigenvalue weighted by molar-refractivity contribution is 5.72. The van der Waals surface area contributed by atoms with Crippen molar-refractivity contribution in [3.63, 3.8) is 0 Å². The third-order valence-corrected chi connectivity index (χ3v) is 2.18. The summed E-state index contributed by atoms with van der Waals surface area (Å²) in [5.74, 6) is 0.718. The van der Waals surface area contributed by atoms with Gasteiger partial charge in [0, 0.05) is 13.2 Å². The zero-order chi connectivity index (χ0) is 11.8. The van der Waals surface area contributed by atoms with Gasteiger partial charge in [0.2, 0.25) is 0 Å². The number of hydrogen-bond donors (Lipinski definition) is 3. The van der Waals surface area contributed by atoms with Crippen LogP contribution in [0.2, 0.25) is 0 Å². The summed E-state index contributed by atoms with van der Waals surface area (Å²) in [6.45, 7) is 3.61. The van der Waals surface area contributed by atoms with Crippen molar-refractivity contribution in [3.05, 3.63) is 18.2 Å². The lowest BCUT2D eigenvalue weighted by molar-refractivity contribution is 0.292. The van der Waals surface area contributed by atoms with Crippen LogP contribution in [0.1, 0.15) is 19.8 Å². The predicted molar refractivity (Wildman–Crippen MR) is 66.8 cm³/mol. The molecule has 0 bridgehead atoms. The minimum atomic E-state index is 0.179. The van der Waals surface area contributed by atoms with Crippen molar-refractivity contribution >= 4 is 11.4 Å². The first-order chi connectivity index (χ1) is 7.79. The molecule has 1 aromatic rings. The lowest BCUT2D eigenvalue weighted by atomic mass is 10.2. The van der Waals surface area contributed by atoms with E-state index >= 15 is 0 Å². The van der Waals surface area contributed by atoms with Crippen molar-refractivity contribution in [2.45, 2.75) is 19.8 Å². The van der Waals surface area contributed by atoms with Crippen LogP contribution in [-0.2, 0) is 0 Å². The average molecular weight is 224 g/mol. The number of nitrogens with two attached hydrogens (primary N) is 1. The number of ether oxygens (including phenoxy) is 1. The van der Waals surface area contributed by atoms with Gasteiger partial charge >= 0.3 is 0 Å². The Morgan fingerprint density at radius 3 is 2.94 bits per heavy atom. The minimum Gasteiger partial charge on any atom is -0.491 e. The fraction of sp³-hybridized carbons (Fsp3) is 0.500. The molecule has 1 rings (SSSR count). The summed E-state index contributed by atoms with van der Waals surface area (Å²) in [6.07, 6.45) is 1.67. The first-order valence-corrected chi connectivity index (χ1v) is 5.65. The maximum Gasteiger partial charge on any atom is 0.144 e. The summed E-state index contributed by atoms with van der Waals surface area (Å²) >= 11 is 0. The molecule has 0 heterocycles. The van der Waals surface area contributed by atoms with E-state index in [1.54, 1.807) is 0 Å². The molecule has 0 fully saturated rings. The number of rotatable bonds is 7. The number of anilines is 2. The summed E-state index contributed by atoms with van der Waals surface area (Å²) in [4.78, 5) is 0. The van der Waals surface area contributed by atoms with Crippen LogP contribution in [0.4, 0.5) is 11.4 Å². The van der Waals surface area contributed by atoms with Gasteiger partial charge in [-0.2, -0.15) is 0 Å². The van der Waals surface area contributed by atoms with Gasteiger partial charge in [0.15, 0.2) is 0 Å². The molecule has 0 saturated heterocycles. The highest BCUT2D eigenvalue weighted by Crippen LogP contribution is 2.29. The van der Waals surface area contributed by atoms with E-state index in [1.807, 2.05) is 18.2 Å². The zero-order valence-corrected chi connectivity index (χ0v) is 9.70. The second-order valence-corrected chi connectivity index (χ2v) is 3.57. The molecule has 0 aromatic heterocycles. The molecular formula is C12H20N2O2.